The van der Waals surface area contributed by atoms with Crippen molar-refractivity contribution in [2.24, 2.45) is 0 Å². The fourth-order valence-corrected chi connectivity index (χ4v) is 1.35. The molecule has 1 aromatic carbocycles. The van der Waals surface area contributed by atoms with E-state index in [1.807, 2.05) is 6.92 Å². The molecule has 1 atom stereocenters. The highest BCUT2D eigenvalue weighted by Gasteiger charge is 2.06. The number of hydrogen-bond donors (Lipinski definition) is 1. The summed E-state index contributed by atoms with van der Waals surface area (Å²) in [4.78, 5) is 0. The Balaban J connectivity index is 2.36. The molecule has 0 aliphatic carbocycles. The van der Waals surface area contributed by atoms with Gasteiger partial charge in [0.05, 0.1) is 6.61 Å². The van der Waals surface area contributed by atoms with E-state index in [4.69, 9.17) is 9.47 Å². The molecule has 1 N–H and O–H groups in total. The summed E-state index contributed by atoms with van der Waals surface area (Å²) in [6, 6.07) is 3.14. The van der Waals surface area contributed by atoms with Crippen LogP contribution in [0.15, 0.2) is 18.2 Å². The van der Waals surface area contributed by atoms with E-state index in [-0.39, 0.29) is 11.9 Å². The maximum atomic E-state index is 12.9. The van der Waals surface area contributed by atoms with Gasteiger partial charge in [-0.1, -0.05) is 0 Å². The number of ether oxygens (including phenoxy) is 2. The summed E-state index contributed by atoms with van der Waals surface area (Å²) in [6.07, 6.45) is -0.173. The molecule has 0 saturated carbocycles. The minimum absolute atomic E-state index is 0.173. The van der Waals surface area contributed by atoms with Crippen molar-refractivity contribution in [3.8, 4) is 5.75 Å². The fraction of sp³-hybridized carbons (Fsp3) is 0.500. The lowest BCUT2D eigenvalue weighted by Crippen LogP contribution is -2.31. The monoisotopic (exact) mass is 245 g/mol. The third kappa shape index (κ3) is 5.60. The Morgan fingerprint density at radius 3 is 2.47 bits per heavy atom. The van der Waals surface area contributed by atoms with E-state index in [1.165, 1.54) is 0 Å². The van der Waals surface area contributed by atoms with Crippen LogP contribution < -0.4 is 10.1 Å². The van der Waals surface area contributed by atoms with E-state index in [0.29, 0.717) is 19.7 Å². The van der Waals surface area contributed by atoms with Gasteiger partial charge in [-0.25, -0.2) is 8.78 Å². The second kappa shape index (κ2) is 7.19. The van der Waals surface area contributed by atoms with E-state index in [9.17, 15) is 8.78 Å². The van der Waals surface area contributed by atoms with Gasteiger partial charge in [-0.2, -0.15) is 0 Å². The molecule has 0 aliphatic rings. The zero-order chi connectivity index (χ0) is 12.7. The van der Waals surface area contributed by atoms with E-state index in [2.05, 4.69) is 5.32 Å². The van der Waals surface area contributed by atoms with Crippen LogP contribution in [0.25, 0.3) is 0 Å². The van der Waals surface area contributed by atoms with Crippen LogP contribution in [0.1, 0.15) is 6.92 Å². The maximum absolute atomic E-state index is 12.9. The van der Waals surface area contributed by atoms with E-state index in [0.717, 1.165) is 18.2 Å². The molecule has 0 bridgehead atoms. The standard InChI is InChI=1S/C12H17F2NO2/c1-9(8-15-3-4-16-2)17-12-6-10(13)5-11(14)7-12/h5-7,9,15H,3-4,8H2,1-2H3. The number of benzene rings is 1. The molecule has 0 amide bonds. The largest absolute Gasteiger partial charge is 0.489 e. The normalized spacial score (nSPS) is 12.5. The van der Waals surface area contributed by atoms with Crippen molar-refractivity contribution in [3.05, 3.63) is 29.8 Å². The summed E-state index contributed by atoms with van der Waals surface area (Å²) in [5.74, 6) is -1.08. The maximum Gasteiger partial charge on any atom is 0.129 e. The molecule has 0 spiro atoms. The first kappa shape index (κ1) is 13.9. The van der Waals surface area contributed by atoms with Crippen LogP contribution in [0.4, 0.5) is 8.78 Å². The molecule has 0 radical (unpaired) electrons. The van der Waals surface area contributed by atoms with Crippen LogP contribution in [-0.4, -0.2) is 32.9 Å². The van der Waals surface area contributed by atoms with Crippen molar-refractivity contribution in [2.75, 3.05) is 26.8 Å². The Kier molecular flexibility index (Phi) is 5.86. The summed E-state index contributed by atoms with van der Waals surface area (Å²) in [7, 11) is 1.62. The van der Waals surface area contributed by atoms with Gasteiger partial charge in [0.25, 0.3) is 0 Å². The van der Waals surface area contributed by atoms with Crippen molar-refractivity contribution >= 4 is 0 Å². The number of rotatable bonds is 7. The summed E-state index contributed by atoms with van der Waals surface area (Å²) in [5.41, 5.74) is 0. The lowest BCUT2D eigenvalue weighted by Gasteiger charge is -2.15. The quantitative estimate of drug-likeness (QED) is 0.745. The third-order valence-electron chi connectivity index (χ3n) is 2.09. The summed E-state index contributed by atoms with van der Waals surface area (Å²) in [6.45, 7) is 3.73. The van der Waals surface area contributed by atoms with Crippen molar-refractivity contribution in [1.82, 2.24) is 5.32 Å². The van der Waals surface area contributed by atoms with Crippen molar-refractivity contribution < 1.29 is 18.3 Å². The van der Waals surface area contributed by atoms with Gasteiger partial charge < -0.3 is 14.8 Å². The van der Waals surface area contributed by atoms with Gasteiger partial charge >= 0.3 is 0 Å². The van der Waals surface area contributed by atoms with Gasteiger partial charge in [0, 0.05) is 38.4 Å². The first-order valence-corrected chi connectivity index (χ1v) is 5.44. The Hall–Kier alpha value is -1.20. The molecule has 3 nitrogen and oxygen atoms in total. The number of nitrogens with one attached hydrogen (secondary N) is 1. The predicted molar refractivity (Wildman–Crippen MR) is 61.2 cm³/mol. The Morgan fingerprint density at radius 2 is 1.88 bits per heavy atom. The van der Waals surface area contributed by atoms with Crippen molar-refractivity contribution in [2.45, 2.75) is 13.0 Å². The second-order valence-corrected chi connectivity index (χ2v) is 3.73. The van der Waals surface area contributed by atoms with E-state index in [1.54, 1.807) is 7.11 Å². The Bertz CT molecular complexity index is 327. The molecule has 0 aliphatic heterocycles. The fourth-order valence-electron chi connectivity index (χ4n) is 1.35. The van der Waals surface area contributed by atoms with Gasteiger partial charge in [-0.05, 0) is 6.92 Å². The van der Waals surface area contributed by atoms with Crippen LogP contribution in [-0.2, 0) is 4.74 Å². The minimum Gasteiger partial charge on any atom is -0.489 e. The van der Waals surface area contributed by atoms with Gasteiger partial charge in [0.1, 0.15) is 23.5 Å². The highest BCUT2D eigenvalue weighted by atomic mass is 19.1. The first-order valence-electron chi connectivity index (χ1n) is 5.44. The van der Waals surface area contributed by atoms with Gasteiger partial charge in [-0.3, -0.25) is 0 Å². The molecule has 1 unspecified atom stereocenters. The number of halogens is 2. The SMILES string of the molecule is COCCNCC(C)Oc1cc(F)cc(F)c1. The van der Waals surface area contributed by atoms with Crippen molar-refractivity contribution in [1.29, 1.82) is 0 Å². The predicted octanol–water partition coefficient (Wildman–Crippen LogP) is 1.97. The lowest BCUT2D eigenvalue weighted by atomic mass is 10.3. The zero-order valence-electron chi connectivity index (χ0n) is 10.0. The Labute approximate surface area is 99.7 Å². The Morgan fingerprint density at radius 1 is 1.24 bits per heavy atom. The average Bonchev–Trinajstić information content (AvgIpc) is 2.23. The summed E-state index contributed by atoms with van der Waals surface area (Å²) < 4.78 is 36.0. The average molecular weight is 245 g/mol. The molecular formula is C12H17F2NO2. The minimum atomic E-state index is -0.639. The molecule has 0 fully saturated rings. The van der Waals surface area contributed by atoms with Gasteiger partial charge in [0.2, 0.25) is 0 Å². The van der Waals surface area contributed by atoms with Crippen molar-refractivity contribution in [3.63, 3.8) is 0 Å². The molecule has 0 heterocycles. The highest BCUT2D eigenvalue weighted by molar-refractivity contribution is 5.24. The van der Waals surface area contributed by atoms with Gasteiger partial charge in [-0.15, -0.1) is 0 Å². The molecular weight excluding hydrogens is 228 g/mol. The summed E-state index contributed by atoms with van der Waals surface area (Å²) >= 11 is 0. The highest BCUT2D eigenvalue weighted by Crippen LogP contribution is 2.16. The second-order valence-electron chi connectivity index (χ2n) is 3.73. The third-order valence-corrected chi connectivity index (χ3v) is 2.09. The molecule has 17 heavy (non-hydrogen) atoms. The zero-order valence-corrected chi connectivity index (χ0v) is 10.0. The molecule has 0 aromatic heterocycles. The smallest absolute Gasteiger partial charge is 0.129 e. The molecule has 1 rings (SSSR count). The van der Waals surface area contributed by atoms with Crippen LogP contribution in [0.5, 0.6) is 5.75 Å². The lowest BCUT2D eigenvalue weighted by molar-refractivity contribution is 0.183. The van der Waals surface area contributed by atoms with Crippen LogP contribution in [0, 0.1) is 11.6 Å². The van der Waals surface area contributed by atoms with E-state index < -0.39 is 11.6 Å². The number of methoxy groups -OCH3 is 1. The topological polar surface area (TPSA) is 30.5 Å². The van der Waals surface area contributed by atoms with Crippen LogP contribution in [0.2, 0.25) is 0 Å². The van der Waals surface area contributed by atoms with Gasteiger partial charge in [0.15, 0.2) is 0 Å². The van der Waals surface area contributed by atoms with E-state index >= 15 is 0 Å². The van der Waals surface area contributed by atoms with Crippen LogP contribution >= 0.6 is 0 Å². The first-order chi connectivity index (χ1) is 8.11. The molecule has 96 valence electrons. The molecule has 5 heteroatoms. The molecule has 1 aromatic rings. The van der Waals surface area contributed by atoms with Crippen LogP contribution in [0.3, 0.4) is 0 Å². The molecule has 0 saturated heterocycles. The number of hydrogen-bond acceptors (Lipinski definition) is 3. The summed E-state index contributed by atoms with van der Waals surface area (Å²) in [5, 5.41) is 3.10.